The third-order valence-electron chi connectivity index (χ3n) is 6.87. The van der Waals surface area contributed by atoms with Gasteiger partial charge in [-0.3, -0.25) is 14.5 Å². The van der Waals surface area contributed by atoms with Crippen molar-refractivity contribution in [3.8, 4) is 17.2 Å². The summed E-state index contributed by atoms with van der Waals surface area (Å²) in [6.07, 6.45) is 0.701. The number of hydrogen-bond acceptors (Lipinski definition) is 7. The molecule has 2 heterocycles. The molecule has 0 saturated carbocycles. The first-order chi connectivity index (χ1) is 18.8. The van der Waals surface area contributed by atoms with Crippen LogP contribution in [0.2, 0.25) is 0 Å². The maximum absolute atomic E-state index is 14.2. The number of amides is 2. The van der Waals surface area contributed by atoms with Crippen LogP contribution in [0.5, 0.6) is 17.2 Å². The molecule has 1 atom stereocenters. The van der Waals surface area contributed by atoms with Crippen LogP contribution in [0.15, 0.2) is 66.7 Å². The fraction of sp³-hybridized carbons (Fsp3) is 0.310. The predicted octanol–water partition coefficient (Wildman–Crippen LogP) is 4.25. The van der Waals surface area contributed by atoms with Gasteiger partial charge in [-0.25, -0.2) is 4.68 Å². The van der Waals surface area contributed by atoms with Crippen LogP contribution in [0.25, 0.3) is 11.0 Å². The van der Waals surface area contributed by atoms with Crippen molar-refractivity contribution in [2.75, 3.05) is 18.8 Å². The van der Waals surface area contributed by atoms with Crippen LogP contribution in [-0.2, 0) is 16.1 Å². The van der Waals surface area contributed by atoms with Crippen molar-refractivity contribution in [1.82, 2.24) is 20.3 Å². The smallest absolute Gasteiger partial charge is 0.249 e. The Morgan fingerprint density at radius 2 is 1.87 bits per heavy atom. The summed E-state index contributed by atoms with van der Waals surface area (Å²) in [7, 11) is 1.56. The number of carbonyl (C=O) groups excluding carboxylic acids is 2. The number of ether oxygens (including phenoxy) is 3. The van der Waals surface area contributed by atoms with Gasteiger partial charge in [0.15, 0.2) is 11.5 Å². The number of para-hydroxylation sites is 1. The summed E-state index contributed by atoms with van der Waals surface area (Å²) < 4.78 is 18.1. The molecule has 2 amide bonds. The summed E-state index contributed by atoms with van der Waals surface area (Å²) in [5.74, 6) is 0.949. The highest BCUT2D eigenvalue weighted by molar-refractivity contribution is 6.02. The minimum absolute atomic E-state index is 0.0855. The first-order valence-electron chi connectivity index (χ1n) is 12.8. The summed E-state index contributed by atoms with van der Waals surface area (Å²) in [4.78, 5) is 29.7. The van der Waals surface area contributed by atoms with E-state index < -0.39 is 11.6 Å². The van der Waals surface area contributed by atoms with Crippen LogP contribution in [-0.4, -0.2) is 46.2 Å². The Balaban J connectivity index is 1.63. The minimum Gasteiger partial charge on any atom is -0.497 e. The van der Waals surface area contributed by atoms with E-state index in [1.54, 1.807) is 43.5 Å². The quantitative estimate of drug-likeness (QED) is 0.345. The Hall–Kier alpha value is -4.60. The second kappa shape index (κ2) is 10.6. The highest BCUT2D eigenvalue weighted by Crippen LogP contribution is 2.39. The second-order valence-electron chi connectivity index (χ2n) is 9.94. The first kappa shape index (κ1) is 26.0. The zero-order valence-corrected chi connectivity index (χ0v) is 22.4. The SMILES string of the molecule is CCC(C)(C)NC(=O)[C@@H](c1cccc(OC)c1)N(C(=O)Cn1nnc2ccccc21)c1ccc2c(c1)OCO2. The Labute approximate surface area is 226 Å². The van der Waals surface area contributed by atoms with Crippen molar-refractivity contribution in [3.63, 3.8) is 0 Å². The molecule has 5 rings (SSSR count). The van der Waals surface area contributed by atoms with Gasteiger partial charge in [-0.05, 0) is 62.2 Å². The molecule has 0 unspecified atom stereocenters. The molecular formula is C29H31N5O5. The molecule has 0 saturated heterocycles. The summed E-state index contributed by atoms with van der Waals surface area (Å²) in [5.41, 5.74) is 1.96. The topological polar surface area (TPSA) is 108 Å². The number of fused-ring (bicyclic) bond motifs is 2. The summed E-state index contributed by atoms with van der Waals surface area (Å²) >= 11 is 0. The standard InChI is InChI=1S/C29H31N5O5/c1-5-29(2,3)30-28(36)27(19-9-8-10-21(15-19)37-4)34(20-13-14-24-25(16-20)39-18-38-24)26(35)17-33-23-12-7-6-11-22(23)31-32-33/h6-16,27H,5,17-18H2,1-4H3,(H,30,36)/t27-/m1/s1. The number of nitrogens with one attached hydrogen (secondary N) is 1. The predicted molar refractivity (Wildman–Crippen MR) is 146 cm³/mol. The third kappa shape index (κ3) is 5.36. The summed E-state index contributed by atoms with van der Waals surface area (Å²) in [6.45, 7) is 5.84. The van der Waals surface area contributed by atoms with Gasteiger partial charge in [-0.2, -0.15) is 0 Å². The second-order valence-corrected chi connectivity index (χ2v) is 9.94. The molecule has 10 heteroatoms. The van der Waals surface area contributed by atoms with Gasteiger partial charge in [0.25, 0.3) is 0 Å². The van der Waals surface area contributed by atoms with Crippen molar-refractivity contribution in [3.05, 3.63) is 72.3 Å². The van der Waals surface area contributed by atoms with Gasteiger partial charge in [0.05, 0.1) is 12.6 Å². The number of benzene rings is 3. The number of methoxy groups -OCH3 is 1. The summed E-state index contributed by atoms with van der Waals surface area (Å²) in [6, 6.07) is 18.7. The minimum atomic E-state index is -1.02. The lowest BCUT2D eigenvalue weighted by Gasteiger charge is -2.34. The molecule has 1 N–H and O–H groups in total. The Morgan fingerprint density at radius 3 is 2.67 bits per heavy atom. The molecule has 202 valence electrons. The van der Waals surface area contributed by atoms with E-state index in [2.05, 4.69) is 15.6 Å². The van der Waals surface area contributed by atoms with Crippen molar-refractivity contribution >= 4 is 28.5 Å². The highest BCUT2D eigenvalue weighted by Gasteiger charge is 2.36. The van der Waals surface area contributed by atoms with Crippen molar-refractivity contribution < 1.29 is 23.8 Å². The fourth-order valence-corrected chi connectivity index (χ4v) is 4.43. The van der Waals surface area contributed by atoms with E-state index in [9.17, 15) is 9.59 Å². The van der Waals surface area contributed by atoms with Gasteiger partial charge in [-0.1, -0.05) is 36.4 Å². The summed E-state index contributed by atoms with van der Waals surface area (Å²) in [5, 5.41) is 11.5. The first-order valence-corrected chi connectivity index (χ1v) is 12.8. The van der Waals surface area contributed by atoms with E-state index >= 15 is 0 Å². The van der Waals surface area contributed by atoms with E-state index in [4.69, 9.17) is 14.2 Å². The Morgan fingerprint density at radius 1 is 1.08 bits per heavy atom. The lowest BCUT2D eigenvalue weighted by Crippen LogP contribution is -2.51. The number of hydrogen-bond donors (Lipinski definition) is 1. The Bertz CT molecular complexity index is 1510. The number of nitrogens with zero attached hydrogens (tertiary/aromatic N) is 4. The maximum Gasteiger partial charge on any atom is 0.249 e. The molecule has 3 aromatic carbocycles. The van der Waals surface area contributed by atoms with E-state index in [-0.39, 0.29) is 25.2 Å². The van der Waals surface area contributed by atoms with E-state index in [1.165, 1.54) is 9.58 Å². The van der Waals surface area contributed by atoms with Crippen LogP contribution >= 0.6 is 0 Å². The number of anilines is 1. The highest BCUT2D eigenvalue weighted by atomic mass is 16.7. The zero-order chi connectivity index (χ0) is 27.6. The van der Waals surface area contributed by atoms with Crippen LogP contribution in [0.3, 0.4) is 0 Å². The molecule has 39 heavy (non-hydrogen) atoms. The van der Waals surface area contributed by atoms with Gasteiger partial charge < -0.3 is 19.5 Å². The molecule has 1 aromatic heterocycles. The van der Waals surface area contributed by atoms with Crippen LogP contribution < -0.4 is 24.4 Å². The molecular weight excluding hydrogens is 498 g/mol. The lowest BCUT2D eigenvalue weighted by molar-refractivity contribution is -0.128. The van der Waals surface area contributed by atoms with Gasteiger partial charge >= 0.3 is 0 Å². The van der Waals surface area contributed by atoms with E-state index in [0.29, 0.717) is 46.0 Å². The van der Waals surface area contributed by atoms with Crippen LogP contribution in [0.1, 0.15) is 38.8 Å². The van der Waals surface area contributed by atoms with Gasteiger partial charge in [-0.15, -0.1) is 5.10 Å². The monoisotopic (exact) mass is 529 g/mol. The van der Waals surface area contributed by atoms with Crippen molar-refractivity contribution in [2.24, 2.45) is 0 Å². The number of aromatic nitrogens is 3. The van der Waals surface area contributed by atoms with Crippen LogP contribution in [0, 0.1) is 0 Å². The molecule has 1 aliphatic rings. The largest absolute Gasteiger partial charge is 0.497 e. The van der Waals surface area contributed by atoms with Gasteiger partial charge in [0, 0.05) is 17.3 Å². The zero-order valence-electron chi connectivity index (χ0n) is 22.4. The fourth-order valence-electron chi connectivity index (χ4n) is 4.43. The normalized spacial score (nSPS) is 13.2. The number of rotatable bonds is 9. The number of carbonyl (C=O) groups is 2. The maximum atomic E-state index is 14.2. The molecule has 0 bridgehead atoms. The van der Waals surface area contributed by atoms with Crippen molar-refractivity contribution in [2.45, 2.75) is 45.3 Å². The average Bonchev–Trinajstić information content (AvgIpc) is 3.58. The molecule has 0 aliphatic carbocycles. The third-order valence-corrected chi connectivity index (χ3v) is 6.87. The Kier molecular flexibility index (Phi) is 7.10. The molecule has 1 aliphatic heterocycles. The van der Waals surface area contributed by atoms with Gasteiger partial charge in [0.1, 0.15) is 23.9 Å². The molecule has 0 radical (unpaired) electrons. The molecule has 0 fully saturated rings. The molecule has 10 nitrogen and oxygen atoms in total. The average molecular weight is 530 g/mol. The van der Waals surface area contributed by atoms with E-state index in [1.807, 2.05) is 51.1 Å². The van der Waals surface area contributed by atoms with Crippen LogP contribution in [0.4, 0.5) is 5.69 Å². The molecule has 0 spiro atoms. The van der Waals surface area contributed by atoms with E-state index in [0.717, 1.165) is 0 Å². The lowest BCUT2D eigenvalue weighted by atomic mass is 9.98. The molecule has 4 aromatic rings. The van der Waals surface area contributed by atoms with Crippen molar-refractivity contribution in [1.29, 1.82) is 0 Å². The van der Waals surface area contributed by atoms with Gasteiger partial charge in [0.2, 0.25) is 18.6 Å².